The minimum absolute atomic E-state index is 0.0404. The lowest BCUT2D eigenvalue weighted by Gasteiger charge is -2.30. The smallest absolute Gasteiger partial charge is 0.317 e. The third kappa shape index (κ3) is 3.73. The number of carbonyl (C=O) groups excluding carboxylic acids is 2. The van der Waals surface area contributed by atoms with Gasteiger partial charge in [-0.2, -0.15) is 0 Å². The highest BCUT2D eigenvalue weighted by atomic mass is 16.2. The van der Waals surface area contributed by atoms with Gasteiger partial charge < -0.3 is 16.0 Å². The molecule has 0 spiro atoms. The van der Waals surface area contributed by atoms with Crippen molar-refractivity contribution in [1.29, 1.82) is 0 Å². The zero-order chi connectivity index (χ0) is 14.5. The first-order valence-electron chi connectivity index (χ1n) is 6.98. The van der Waals surface area contributed by atoms with E-state index in [-0.39, 0.29) is 6.03 Å². The molecule has 108 valence electrons. The van der Waals surface area contributed by atoms with Gasteiger partial charge in [0.1, 0.15) is 0 Å². The summed E-state index contributed by atoms with van der Waals surface area (Å²) in [5.41, 5.74) is 6.57. The summed E-state index contributed by atoms with van der Waals surface area (Å²) < 4.78 is 0. The van der Waals surface area contributed by atoms with E-state index in [1.807, 2.05) is 11.0 Å². The Balaban J connectivity index is 1.87. The zero-order valence-electron chi connectivity index (χ0n) is 11.8. The van der Waals surface area contributed by atoms with Crippen LogP contribution in [-0.2, 0) is 6.54 Å². The lowest BCUT2D eigenvalue weighted by molar-refractivity contribution is 0.1000. The molecule has 1 aromatic carbocycles. The second-order valence-corrected chi connectivity index (χ2v) is 5.39. The Morgan fingerprint density at radius 2 is 2.05 bits per heavy atom. The highest BCUT2D eigenvalue weighted by molar-refractivity contribution is 5.92. The molecule has 1 heterocycles. The van der Waals surface area contributed by atoms with E-state index in [1.165, 1.54) is 0 Å². The van der Waals surface area contributed by atoms with Crippen molar-refractivity contribution in [2.45, 2.75) is 26.3 Å². The molecular weight excluding hydrogens is 254 g/mol. The summed E-state index contributed by atoms with van der Waals surface area (Å²) in [6.07, 6.45) is 2.12. The van der Waals surface area contributed by atoms with E-state index >= 15 is 0 Å². The van der Waals surface area contributed by atoms with Gasteiger partial charge in [0.05, 0.1) is 0 Å². The third-order valence-electron chi connectivity index (χ3n) is 3.73. The van der Waals surface area contributed by atoms with Crippen LogP contribution in [0.2, 0.25) is 0 Å². The third-order valence-corrected chi connectivity index (χ3v) is 3.73. The van der Waals surface area contributed by atoms with E-state index in [1.54, 1.807) is 18.2 Å². The maximum absolute atomic E-state index is 12.0. The van der Waals surface area contributed by atoms with Crippen molar-refractivity contribution in [1.82, 2.24) is 10.2 Å². The van der Waals surface area contributed by atoms with Gasteiger partial charge in [0, 0.05) is 25.2 Å². The van der Waals surface area contributed by atoms with Gasteiger partial charge in [0.25, 0.3) is 0 Å². The van der Waals surface area contributed by atoms with Crippen LogP contribution < -0.4 is 11.1 Å². The Bertz CT molecular complexity index is 494. The quantitative estimate of drug-likeness (QED) is 0.881. The lowest BCUT2D eigenvalue weighted by atomic mass is 10.00. The Morgan fingerprint density at radius 3 is 2.70 bits per heavy atom. The summed E-state index contributed by atoms with van der Waals surface area (Å²) in [6.45, 7) is 4.25. The van der Waals surface area contributed by atoms with E-state index in [4.69, 9.17) is 5.73 Å². The minimum Gasteiger partial charge on any atom is -0.366 e. The number of benzene rings is 1. The molecule has 0 aromatic heterocycles. The minimum atomic E-state index is -0.455. The molecule has 5 nitrogen and oxygen atoms in total. The van der Waals surface area contributed by atoms with Gasteiger partial charge in [0.2, 0.25) is 5.91 Å². The van der Waals surface area contributed by atoms with E-state index in [0.717, 1.165) is 31.5 Å². The summed E-state index contributed by atoms with van der Waals surface area (Å²) in [6, 6.07) is 6.97. The number of amides is 3. The van der Waals surface area contributed by atoms with Gasteiger partial charge in [-0.1, -0.05) is 19.1 Å². The molecule has 0 unspecified atom stereocenters. The zero-order valence-corrected chi connectivity index (χ0v) is 11.8. The van der Waals surface area contributed by atoms with E-state index in [0.29, 0.717) is 18.0 Å². The predicted octanol–water partition coefficient (Wildman–Crippen LogP) is 1.73. The summed E-state index contributed by atoms with van der Waals surface area (Å²) in [7, 11) is 0. The summed E-state index contributed by atoms with van der Waals surface area (Å²) >= 11 is 0. The van der Waals surface area contributed by atoms with Gasteiger partial charge in [-0.3, -0.25) is 4.79 Å². The maximum Gasteiger partial charge on any atom is 0.317 e. The number of piperidine rings is 1. The van der Waals surface area contributed by atoms with Crippen molar-refractivity contribution < 1.29 is 9.59 Å². The average molecular weight is 275 g/mol. The number of nitrogens with zero attached hydrogens (tertiary/aromatic N) is 1. The largest absolute Gasteiger partial charge is 0.366 e. The maximum atomic E-state index is 12.0. The van der Waals surface area contributed by atoms with E-state index < -0.39 is 5.91 Å². The fourth-order valence-corrected chi connectivity index (χ4v) is 2.34. The molecule has 1 aromatic rings. The van der Waals surface area contributed by atoms with Crippen LogP contribution in [0.4, 0.5) is 4.79 Å². The van der Waals surface area contributed by atoms with Crippen LogP contribution in [0.1, 0.15) is 35.7 Å². The van der Waals surface area contributed by atoms with Crippen molar-refractivity contribution in [3.05, 3.63) is 35.4 Å². The second-order valence-electron chi connectivity index (χ2n) is 5.39. The first-order valence-corrected chi connectivity index (χ1v) is 6.98. The number of primary amides is 1. The second kappa shape index (κ2) is 6.41. The first kappa shape index (κ1) is 14.4. The number of rotatable bonds is 3. The van der Waals surface area contributed by atoms with Crippen LogP contribution in [0.5, 0.6) is 0 Å². The molecule has 1 aliphatic rings. The fourth-order valence-electron chi connectivity index (χ4n) is 2.34. The van der Waals surface area contributed by atoms with Gasteiger partial charge in [-0.15, -0.1) is 0 Å². The SMILES string of the molecule is CC1CCN(C(=O)NCc2cccc(C(N)=O)c2)CC1. The van der Waals surface area contributed by atoms with Crippen molar-refractivity contribution in [3.8, 4) is 0 Å². The Labute approximate surface area is 119 Å². The van der Waals surface area contributed by atoms with Crippen LogP contribution in [0.3, 0.4) is 0 Å². The predicted molar refractivity (Wildman–Crippen MR) is 77.2 cm³/mol. The molecule has 2 rings (SSSR count). The Kier molecular flexibility index (Phi) is 4.61. The lowest BCUT2D eigenvalue weighted by Crippen LogP contribution is -2.43. The summed E-state index contributed by atoms with van der Waals surface area (Å²) in [5.74, 6) is 0.245. The van der Waals surface area contributed by atoms with E-state index in [9.17, 15) is 9.59 Å². The van der Waals surface area contributed by atoms with Crippen molar-refractivity contribution in [3.63, 3.8) is 0 Å². The number of urea groups is 1. The molecule has 3 N–H and O–H groups in total. The molecule has 3 amide bonds. The first-order chi connectivity index (χ1) is 9.56. The molecule has 5 heteroatoms. The Morgan fingerprint density at radius 1 is 1.35 bits per heavy atom. The molecule has 0 bridgehead atoms. The molecular formula is C15H21N3O2. The van der Waals surface area contributed by atoms with Gasteiger partial charge in [-0.05, 0) is 36.5 Å². The molecule has 0 atom stereocenters. The Hall–Kier alpha value is -2.04. The number of likely N-dealkylation sites (tertiary alicyclic amines) is 1. The molecule has 0 saturated carbocycles. The van der Waals surface area contributed by atoms with Gasteiger partial charge >= 0.3 is 6.03 Å². The number of nitrogens with one attached hydrogen (secondary N) is 1. The number of nitrogens with two attached hydrogens (primary N) is 1. The van der Waals surface area contributed by atoms with Gasteiger partial charge in [0.15, 0.2) is 0 Å². The molecule has 0 aliphatic carbocycles. The topological polar surface area (TPSA) is 75.4 Å². The average Bonchev–Trinajstić information content (AvgIpc) is 2.46. The molecule has 0 radical (unpaired) electrons. The highest BCUT2D eigenvalue weighted by Gasteiger charge is 2.19. The van der Waals surface area contributed by atoms with Crippen LogP contribution in [0.15, 0.2) is 24.3 Å². The number of hydrogen-bond donors (Lipinski definition) is 2. The summed E-state index contributed by atoms with van der Waals surface area (Å²) in [5, 5.41) is 2.88. The van der Waals surface area contributed by atoms with Gasteiger partial charge in [-0.25, -0.2) is 4.79 Å². The number of hydrogen-bond acceptors (Lipinski definition) is 2. The standard InChI is InChI=1S/C15H21N3O2/c1-11-5-7-18(8-6-11)15(20)17-10-12-3-2-4-13(9-12)14(16)19/h2-4,9,11H,5-8,10H2,1H3,(H2,16,19)(H,17,20). The van der Waals surface area contributed by atoms with Crippen LogP contribution in [0, 0.1) is 5.92 Å². The molecule has 1 saturated heterocycles. The van der Waals surface area contributed by atoms with Crippen molar-refractivity contribution in [2.75, 3.05) is 13.1 Å². The van der Waals surface area contributed by atoms with E-state index in [2.05, 4.69) is 12.2 Å². The molecule has 1 aliphatic heterocycles. The number of carbonyl (C=O) groups is 2. The van der Waals surface area contributed by atoms with Crippen LogP contribution in [0.25, 0.3) is 0 Å². The molecule has 20 heavy (non-hydrogen) atoms. The molecule has 1 fully saturated rings. The monoisotopic (exact) mass is 275 g/mol. The summed E-state index contributed by atoms with van der Waals surface area (Å²) in [4.78, 5) is 25.0. The fraction of sp³-hybridized carbons (Fsp3) is 0.467. The van der Waals surface area contributed by atoms with Crippen LogP contribution in [-0.4, -0.2) is 29.9 Å². The van der Waals surface area contributed by atoms with Crippen molar-refractivity contribution in [2.24, 2.45) is 11.7 Å². The van der Waals surface area contributed by atoms with Crippen LogP contribution >= 0.6 is 0 Å². The van der Waals surface area contributed by atoms with Crippen molar-refractivity contribution >= 4 is 11.9 Å². The highest BCUT2D eigenvalue weighted by Crippen LogP contribution is 2.15. The normalized spacial score (nSPS) is 15.9.